The van der Waals surface area contributed by atoms with Gasteiger partial charge in [-0.15, -0.1) is 0 Å². The molecule has 2 amide bonds. The number of likely N-dealkylation sites (tertiary alicyclic amines) is 1. The Labute approximate surface area is 192 Å². The first-order valence-corrected chi connectivity index (χ1v) is 12.4. The monoisotopic (exact) mass is 482 g/mol. The maximum atomic E-state index is 12.9. The van der Waals surface area contributed by atoms with Crippen LogP contribution in [0.2, 0.25) is 0 Å². The van der Waals surface area contributed by atoms with E-state index in [1.165, 1.54) is 11.0 Å². The average Bonchev–Trinajstić information content (AvgIpc) is 3.01. The van der Waals surface area contributed by atoms with E-state index in [1.54, 1.807) is 27.7 Å². The fraction of sp³-hybridized carbons (Fsp3) is 0.591. The number of hydrogen-bond donors (Lipinski definition) is 2. The maximum absolute atomic E-state index is 12.9. The minimum atomic E-state index is -3.34. The van der Waals surface area contributed by atoms with Crippen molar-refractivity contribution in [3.8, 4) is 5.75 Å². The third-order valence-corrected chi connectivity index (χ3v) is 7.07. The highest BCUT2D eigenvalue weighted by Crippen LogP contribution is 2.42. The number of aromatic hydroxyl groups is 1. The molecule has 0 bridgehead atoms. The summed E-state index contributed by atoms with van der Waals surface area (Å²) in [4.78, 5) is 39.1. The molecule has 2 aliphatic rings. The van der Waals surface area contributed by atoms with Gasteiger partial charge >= 0.3 is 6.09 Å². The molecule has 2 aliphatic heterocycles. The quantitative estimate of drug-likeness (QED) is 0.661. The summed E-state index contributed by atoms with van der Waals surface area (Å²) in [6, 6.07) is 0.510. The summed E-state index contributed by atoms with van der Waals surface area (Å²) in [5, 5.41) is 14.2. The van der Waals surface area contributed by atoms with Gasteiger partial charge in [0.2, 0.25) is 17.1 Å². The Morgan fingerprint density at radius 1 is 1.30 bits per heavy atom. The Kier molecular flexibility index (Phi) is 6.65. The van der Waals surface area contributed by atoms with Crippen LogP contribution >= 0.6 is 0 Å². The Bertz CT molecular complexity index is 1120. The molecule has 1 atom stereocenters. The molecule has 0 aliphatic carbocycles. The predicted octanol–water partition coefficient (Wildman–Crippen LogP) is 1.74. The third-order valence-electron chi connectivity index (χ3n) is 5.68. The normalized spacial score (nSPS) is 21.6. The van der Waals surface area contributed by atoms with Gasteiger partial charge in [-0.2, -0.15) is 0 Å². The van der Waals surface area contributed by atoms with E-state index in [1.807, 2.05) is 0 Å². The number of ether oxygens (including phenoxy) is 1. The highest BCUT2D eigenvalue weighted by molar-refractivity contribution is 7.94. The van der Waals surface area contributed by atoms with Gasteiger partial charge in [-0.3, -0.25) is 9.59 Å². The van der Waals surface area contributed by atoms with Gasteiger partial charge in [0.1, 0.15) is 11.4 Å². The molecule has 1 aromatic heterocycles. The van der Waals surface area contributed by atoms with Gasteiger partial charge in [0.25, 0.3) is 0 Å². The van der Waals surface area contributed by atoms with Crippen molar-refractivity contribution in [2.75, 3.05) is 18.8 Å². The van der Waals surface area contributed by atoms with Crippen molar-refractivity contribution in [3.63, 3.8) is 0 Å². The van der Waals surface area contributed by atoms with Crippen LogP contribution in [0.25, 0.3) is 0 Å². The summed E-state index contributed by atoms with van der Waals surface area (Å²) in [5.74, 6) is -0.949. The first kappa shape index (κ1) is 24.8. The largest absolute Gasteiger partial charge is 0.502 e. The van der Waals surface area contributed by atoms with Crippen molar-refractivity contribution in [1.82, 2.24) is 10.2 Å². The van der Waals surface area contributed by atoms with E-state index in [4.69, 9.17) is 9.15 Å². The second-order valence-corrected chi connectivity index (χ2v) is 11.6. The van der Waals surface area contributed by atoms with Crippen LogP contribution in [0.15, 0.2) is 26.8 Å². The number of nitrogens with one attached hydrogen (secondary N) is 1. The number of hydrogen-bond acceptors (Lipinski definition) is 8. The molecule has 2 N–H and O–H groups in total. The van der Waals surface area contributed by atoms with E-state index >= 15 is 0 Å². The van der Waals surface area contributed by atoms with Gasteiger partial charge in [-0.1, -0.05) is 0 Å². The molecule has 1 fully saturated rings. The molecule has 0 spiro atoms. The first-order chi connectivity index (χ1) is 15.2. The second kappa shape index (κ2) is 8.85. The number of amides is 2. The van der Waals surface area contributed by atoms with Crippen molar-refractivity contribution < 1.29 is 32.3 Å². The minimum Gasteiger partial charge on any atom is -0.502 e. The average molecular weight is 483 g/mol. The van der Waals surface area contributed by atoms with Crippen LogP contribution in [0.5, 0.6) is 5.75 Å². The topological polar surface area (TPSA) is 143 Å². The number of rotatable bonds is 4. The molecule has 0 saturated carbocycles. The van der Waals surface area contributed by atoms with Crippen LogP contribution in [-0.4, -0.2) is 60.9 Å². The Hall–Kier alpha value is -2.82. The number of carbonyl (C=O) groups is 2. The van der Waals surface area contributed by atoms with Crippen LogP contribution in [-0.2, 0) is 24.8 Å². The van der Waals surface area contributed by atoms with E-state index in [0.29, 0.717) is 0 Å². The lowest BCUT2D eigenvalue weighted by Crippen LogP contribution is -2.49. The lowest BCUT2D eigenvalue weighted by Gasteiger charge is -2.41. The van der Waals surface area contributed by atoms with Gasteiger partial charge in [0.05, 0.1) is 11.8 Å². The number of aryl methyl sites for hydroxylation is 1. The fourth-order valence-corrected chi connectivity index (χ4v) is 5.36. The zero-order chi connectivity index (χ0) is 24.6. The summed E-state index contributed by atoms with van der Waals surface area (Å²) in [6.45, 7) is 7.30. The van der Waals surface area contributed by atoms with Crippen LogP contribution in [0.1, 0.15) is 51.6 Å². The van der Waals surface area contributed by atoms with E-state index in [9.17, 15) is 27.9 Å². The molecule has 33 heavy (non-hydrogen) atoms. The molecule has 1 unspecified atom stereocenters. The Morgan fingerprint density at radius 3 is 2.48 bits per heavy atom. The molecule has 3 heterocycles. The van der Waals surface area contributed by atoms with Gasteiger partial charge in [-0.05, 0) is 46.6 Å². The van der Waals surface area contributed by atoms with Crippen LogP contribution in [0.4, 0.5) is 4.79 Å². The van der Waals surface area contributed by atoms with Gasteiger partial charge in [0.15, 0.2) is 15.6 Å². The van der Waals surface area contributed by atoms with Crippen molar-refractivity contribution in [3.05, 3.63) is 39.3 Å². The van der Waals surface area contributed by atoms with Crippen molar-refractivity contribution in [1.29, 1.82) is 0 Å². The molecule has 0 aromatic carbocycles. The molecule has 1 saturated heterocycles. The highest BCUT2D eigenvalue weighted by Gasteiger charge is 2.44. The number of nitrogens with zero attached hydrogens (tertiary/aromatic N) is 1. The molecule has 0 radical (unpaired) electrons. The summed E-state index contributed by atoms with van der Waals surface area (Å²) in [7, 11) is -3.34. The second-order valence-electron chi connectivity index (χ2n) is 9.66. The minimum absolute atomic E-state index is 0.000995. The lowest BCUT2D eigenvalue weighted by atomic mass is 9.72. The molecular weight excluding hydrogens is 452 g/mol. The zero-order valence-corrected chi connectivity index (χ0v) is 20.0. The molecular formula is C22H30N2O8S. The summed E-state index contributed by atoms with van der Waals surface area (Å²) in [5.41, 5.74) is -2.34. The number of sulfone groups is 1. The van der Waals surface area contributed by atoms with Crippen molar-refractivity contribution >= 4 is 21.8 Å². The molecule has 182 valence electrons. The Morgan fingerprint density at radius 2 is 1.94 bits per heavy atom. The standard InChI is InChI=1S/C22H30N2O8S/c1-14-11-16(25)18(27)19(31-14)22(12-17(26)23-15-5-10-33(29,30)13-15)6-8-24(9-7-22)20(28)32-21(2,3)4/h5,10-11,15,27H,6-9,12-13H2,1-4H3,(H,23,26). The van der Waals surface area contributed by atoms with E-state index in [-0.39, 0.29) is 49.6 Å². The summed E-state index contributed by atoms with van der Waals surface area (Å²) >= 11 is 0. The smallest absolute Gasteiger partial charge is 0.410 e. The third kappa shape index (κ3) is 5.95. The van der Waals surface area contributed by atoms with E-state index < -0.39 is 50.1 Å². The fourth-order valence-electron chi connectivity index (χ4n) is 4.12. The van der Waals surface area contributed by atoms with Crippen molar-refractivity contribution in [2.45, 2.75) is 64.0 Å². The molecule has 10 nitrogen and oxygen atoms in total. The van der Waals surface area contributed by atoms with E-state index in [0.717, 1.165) is 11.5 Å². The lowest BCUT2D eigenvalue weighted by molar-refractivity contribution is -0.123. The highest BCUT2D eigenvalue weighted by atomic mass is 32.2. The Balaban J connectivity index is 1.85. The van der Waals surface area contributed by atoms with Crippen LogP contribution in [0, 0.1) is 6.92 Å². The van der Waals surface area contributed by atoms with Crippen LogP contribution < -0.4 is 10.7 Å². The molecule has 1 aromatic rings. The van der Waals surface area contributed by atoms with Crippen LogP contribution in [0.3, 0.4) is 0 Å². The SMILES string of the molecule is Cc1cc(=O)c(O)c(C2(CC(=O)NC3C=CS(=O)(=O)C3)CCN(C(=O)OC(C)(C)C)CC2)o1. The number of piperidine rings is 1. The summed E-state index contributed by atoms with van der Waals surface area (Å²) < 4.78 is 34.5. The van der Waals surface area contributed by atoms with Gasteiger partial charge in [0, 0.05) is 36.4 Å². The van der Waals surface area contributed by atoms with Crippen molar-refractivity contribution in [2.24, 2.45) is 0 Å². The summed E-state index contributed by atoms with van der Waals surface area (Å²) in [6.07, 6.45) is 1.24. The number of carbonyl (C=O) groups excluding carboxylic acids is 2. The van der Waals surface area contributed by atoms with E-state index in [2.05, 4.69) is 5.32 Å². The maximum Gasteiger partial charge on any atom is 0.410 e. The van der Waals surface area contributed by atoms with Gasteiger partial charge in [-0.25, -0.2) is 13.2 Å². The molecule has 3 rings (SSSR count). The zero-order valence-electron chi connectivity index (χ0n) is 19.2. The first-order valence-electron chi connectivity index (χ1n) is 10.7. The van der Waals surface area contributed by atoms with Gasteiger partial charge < -0.3 is 24.5 Å². The predicted molar refractivity (Wildman–Crippen MR) is 120 cm³/mol. The molecule has 11 heteroatoms.